The third-order valence-corrected chi connectivity index (χ3v) is 3.41. The Kier molecular flexibility index (Phi) is 5.70. The van der Waals surface area contributed by atoms with E-state index in [9.17, 15) is 8.42 Å². The highest BCUT2D eigenvalue weighted by atomic mass is 32.2. The zero-order chi connectivity index (χ0) is 12.7. The second-order valence-corrected chi connectivity index (χ2v) is 6.14. The van der Waals surface area contributed by atoms with Crippen molar-refractivity contribution >= 4 is 16.0 Å². The highest BCUT2D eigenvalue weighted by molar-refractivity contribution is 7.88. The zero-order valence-electron chi connectivity index (χ0n) is 10.4. The number of likely N-dealkylation sites (tertiary alicyclic amines) is 1. The minimum Gasteiger partial charge on any atom is -0.370 e. The first-order chi connectivity index (χ1) is 7.99. The molecule has 0 spiro atoms. The van der Waals surface area contributed by atoms with Gasteiger partial charge in [-0.05, 0) is 12.8 Å². The predicted molar refractivity (Wildman–Crippen MR) is 69.4 cm³/mol. The van der Waals surface area contributed by atoms with Crippen LogP contribution in [0.3, 0.4) is 0 Å². The first-order valence-electron chi connectivity index (χ1n) is 5.98. The first-order valence-corrected chi connectivity index (χ1v) is 7.88. The Hall–Kier alpha value is -0.820. The molecule has 0 aromatic carbocycles. The Labute approximate surface area is 103 Å². The van der Waals surface area contributed by atoms with Crippen molar-refractivity contribution in [3.8, 4) is 0 Å². The third-order valence-electron chi connectivity index (χ3n) is 2.68. The van der Waals surface area contributed by atoms with Crippen LogP contribution in [-0.4, -0.2) is 51.7 Å². The molecule has 7 heteroatoms. The number of nitrogens with two attached hydrogens (primary N) is 1. The summed E-state index contributed by atoms with van der Waals surface area (Å²) in [6, 6.07) is 0. The van der Waals surface area contributed by atoms with E-state index < -0.39 is 10.0 Å². The van der Waals surface area contributed by atoms with Gasteiger partial charge in [0, 0.05) is 19.6 Å². The summed E-state index contributed by atoms with van der Waals surface area (Å²) in [6.07, 6.45) is 5.93. The summed E-state index contributed by atoms with van der Waals surface area (Å²) >= 11 is 0. The lowest BCUT2D eigenvalue weighted by molar-refractivity contribution is 0.428. The number of rotatable bonds is 4. The maximum absolute atomic E-state index is 10.8. The highest BCUT2D eigenvalue weighted by Crippen LogP contribution is 2.08. The van der Waals surface area contributed by atoms with Crippen LogP contribution >= 0.6 is 0 Å². The average Bonchev–Trinajstić information content (AvgIpc) is 2.51. The van der Waals surface area contributed by atoms with Crippen LogP contribution in [0.2, 0.25) is 0 Å². The van der Waals surface area contributed by atoms with Crippen molar-refractivity contribution in [1.29, 1.82) is 0 Å². The third kappa shape index (κ3) is 6.48. The topological polar surface area (TPSA) is 87.8 Å². The van der Waals surface area contributed by atoms with Gasteiger partial charge in [0.1, 0.15) is 0 Å². The van der Waals surface area contributed by atoms with E-state index in [0.29, 0.717) is 19.0 Å². The van der Waals surface area contributed by atoms with Gasteiger partial charge >= 0.3 is 0 Å². The lowest BCUT2D eigenvalue weighted by Gasteiger charge is -2.21. The maximum atomic E-state index is 10.8. The van der Waals surface area contributed by atoms with Gasteiger partial charge in [-0.1, -0.05) is 12.8 Å². The Morgan fingerprint density at radius 3 is 2.41 bits per heavy atom. The molecule has 1 saturated heterocycles. The summed E-state index contributed by atoms with van der Waals surface area (Å²) < 4.78 is 24.0. The molecule has 0 aromatic heterocycles. The van der Waals surface area contributed by atoms with Crippen LogP contribution in [0.15, 0.2) is 4.99 Å². The van der Waals surface area contributed by atoms with Gasteiger partial charge < -0.3 is 10.6 Å². The molecule has 1 heterocycles. The molecule has 0 bridgehead atoms. The number of sulfonamides is 1. The number of hydrogen-bond donors (Lipinski definition) is 2. The maximum Gasteiger partial charge on any atom is 0.208 e. The number of nitrogens with one attached hydrogen (secondary N) is 1. The molecule has 1 fully saturated rings. The standard InChI is InChI=1S/C10H22N4O2S/c1-17(15,16)13-7-6-12-10(11)14-8-4-2-3-5-9-14/h13H,2-9H2,1H3,(H2,11,12). The molecular formula is C10H22N4O2S. The fourth-order valence-corrected chi connectivity index (χ4v) is 2.26. The monoisotopic (exact) mass is 262 g/mol. The molecule has 3 N–H and O–H groups in total. The minimum atomic E-state index is -3.13. The summed E-state index contributed by atoms with van der Waals surface area (Å²) in [5.74, 6) is 0.530. The number of aliphatic imine (C=N–C) groups is 1. The Morgan fingerprint density at radius 2 is 1.88 bits per heavy atom. The van der Waals surface area contributed by atoms with Gasteiger partial charge in [-0.2, -0.15) is 0 Å². The van der Waals surface area contributed by atoms with E-state index in [4.69, 9.17) is 5.73 Å². The molecule has 1 aliphatic heterocycles. The van der Waals surface area contributed by atoms with Gasteiger partial charge in [0.15, 0.2) is 5.96 Å². The van der Waals surface area contributed by atoms with Gasteiger partial charge in [-0.25, -0.2) is 13.1 Å². The largest absolute Gasteiger partial charge is 0.370 e. The molecule has 17 heavy (non-hydrogen) atoms. The Morgan fingerprint density at radius 1 is 1.29 bits per heavy atom. The number of nitrogens with zero attached hydrogens (tertiary/aromatic N) is 2. The summed E-state index contributed by atoms with van der Waals surface area (Å²) in [5.41, 5.74) is 5.87. The predicted octanol–water partition coefficient (Wildman–Crippen LogP) is -0.274. The molecule has 0 atom stereocenters. The fourth-order valence-electron chi connectivity index (χ4n) is 1.80. The number of guanidine groups is 1. The molecule has 0 amide bonds. The molecular weight excluding hydrogens is 240 g/mol. The van der Waals surface area contributed by atoms with Crippen molar-refractivity contribution in [3.05, 3.63) is 0 Å². The van der Waals surface area contributed by atoms with Crippen LogP contribution in [0, 0.1) is 0 Å². The van der Waals surface area contributed by atoms with Crippen LogP contribution in [0.1, 0.15) is 25.7 Å². The van der Waals surface area contributed by atoms with Gasteiger partial charge in [0.2, 0.25) is 10.0 Å². The van der Waals surface area contributed by atoms with Gasteiger partial charge in [-0.15, -0.1) is 0 Å². The van der Waals surface area contributed by atoms with Gasteiger partial charge in [-0.3, -0.25) is 4.99 Å². The molecule has 0 aromatic rings. The Bertz CT molecular complexity index is 345. The second kappa shape index (κ2) is 6.80. The van der Waals surface area contributed by atoms with Crippen LogP contribution in [0.4, 0.5) is 0 Å². The fraction of sp³-hybridized carbons (Fsp3) is 0.900. The molecule has 1 rings (SSSR count). The Balaban J connectivity index is 2.32. The highest BCUT2D eigenvalue weighted by Gasteiger charge is 2.10. The quantitative estimate of drug-likeness (QED) is 0.414. The normalized spacial score (nSPS) is 19.1. The van der Waals surface area contributed by atoms with Gasteiger partial charge in [0.25, 0.3) is 0 Å². The van der Waals surface area contributed by atoms with Crippen molar-refractivity contribution in [2.75, 3.05) is 32.4 Å². The van der Waals surface area contributed by atoms with E-state index in [2.05, 4.69) is 14.6 Å². The molecule has 0 unspecified atom stereocenters. The summed E-state index contributed by atoms with van der Waals surface area (Å²) in [5, 5.41) is 0. The van der Waals surface area contributed by atoms with Crippen molar-refractivity contribution in [3.63, 3.8) is 0 Å². The van der Waals surface area contributed by atoms with E-state index in [0.717, 1.165) is 32.2 Å². The molecule has 100 valence electrons. The molecule has 0 saturated carbocycles. The van der Waals surface area contributed by atoms with Gasteiger partial charge in [0.05, 0.1) is 12.8 Å². The zero-order valence-corrected chi connectivity index (χ0v) is 11.2. The summed E-state index contributed by atoms with van der Waals surface area (Å²) in [4.78, 5) is 6.26. The van der Waals surface area contributed by atoms with E-state index >= 15 is 0 Å². The molecule has 0 aliphatic carbocycles. The molecule has 6 nitrogen and oxygen atoms in total. The second-order valence-electron chi connectivity index (χ2n) is 4.31. The van der Waals surface area contributed by atoms with E-state index in [1.807, 2.05) is 0 Å². The smallest absolute Gasteiger partial charge is 0.208 e. The SMILES string of the molecule is CS(=O)(=O)NCCN=C(N)N1CCCCCC1. The van der Waals surface area contributed by atoms with E-state index in [1.165, 1.54) is 12.8 Å². The number of hydrogen-bond acceptors (Lipinski definition) is 3. The van der Waals surface area contributed by atoms with Crippen LogP contribution in [0.5, 0.6) is 0 Å². The summed E-state index contributed by atoms with van der Waals surface area (Å²) in [7, 11) is -3.13. The van der Waals surface area contributed by atoms with Crippen molar-refractivity contribution < 1.29 is 8.42 Å². The van der Waals surface area contributed by atoms with E-state index in [-0.39, 0.29) is 0 Å². The van der Waals surface area contributed by atoms with Crippen LogP contribution < -0.4 is 10.5 Å². The average molecular weight is 262 g/mol. The first kappa shape index (κ1) is 14.2. The minimum absolute atomic E-state index is 0.299. The lowest BCUT2D eigenvalue weighted by atomic mass is 10.2. The molecule has 0 radical (unpaired) electrons. The van der Waals surface area contributed by atoms with Crippen molar-refractivity contribution in [1.82, 2.24) is 9.62 Å². The molecule has 1 aliphatic rings. The van der Waals surface area contributed by atoms with E-state index in [1.54, 1.807) is 0 Å². The van der Waals surface area contributed by atoms with Crippen molar-refractivity contribution in [2.45, 2.75) is 25.7 Å². The van der Waals surface area contributed by atoms with Crippen molar-refractivity contribution in [2.24, 2.45) is 10.7 Å². The van der Waals surface area contributed by atoms with Crippen LogP contribution in [0.25, 0.3) is 0 Å². The lowest BCUT2D eigenvalue weighted by Crippen LogP contribution is -2.38. The van der Waals surface area contributed by atoms with Crippen LogP contribution in [-0.2, 0) is 10.0 Å². The summed E-state index contributed by atoms with van der Waals surface area (Å²) in [6.45, 7) is 2.59.